The summed E-state index contributed by atoms with van der Waals surface area (Å²) in [4.78, 5) is 24.0. The van der Waals surface area contributed by atoms with E-state index in [1.54, 1.807) is 6.92 Å². The molecule has 0 fully saturated rings. The van der Waals surface area contributed by atoms with Crippen LogP contribution >= 0.6 is 0 Å². The van der Waals surface area contributed by atoms with E-state index >= 15 is 0 Å². The van der Waals surface area contributed by atoms with Gasteiger partial charge in [-0.15, -0.1) is 0 Å². The summed E-state index contributed by atoms with van der Waals surface area (Å²) >= 11 is 0. The molecular weight excluding hydrogens is 338 g/mol. The monoisotopic (exact) mass is 360 g/mol. The number of carbonyl (C=O) groups excluding carboxylic acids is 1. The lowest BCUT2D eigenvalue weighted by atomic mass is 10.2. The van der Waals surface area contributed by atoms with Gasteiger partial charge in [0.2, 0.25) is 0 Å². The number of amides is 2. The van der Waals surface area contributed by atoms with Gasteiger partial charge in [0, 0.05) is 20.1 Å². The first-order valence-electron chi connectivity index (χ1n) is 7.66. The molecule has 0 aliphatic rings. The molecule has 2 N–H and O–H groups in total. The van der Waals surface area contributed by atoms with Crippen LogP contribution < -0.4 is 14.8 Å². The Balaban J connectivity index is 2.68. The quantitative estimate of drug-likeness (QED) is 0.707. The predicted octanol–water partition coefficient (Wildman–Crippen LogP) is 2.55. The molecule has 0 saturated heterocycles. The van der Waals surface area contributed by atoms with Gasteiger partial charge < -0.3 is 24.8 Å². The van der Waals surface area contributed by atoms with Gasteiger partial charge in [0.15, 0.2) is 11.5 Å². The molecule has 0 spiro atoms. The van der Waals surface area contributed by atoms with E-state index in [1.807, 2.05) is 0 Å². The molecule has 0 aliphatic carbocycles. The second-order valence-electron chi connectivity index (χ2n) is 5.37. The molecule has 1 rings (SSSR count). The van der Waals surface area contributed by atoms with Crippen LogP contribution in [0, 0.1) is 5.92 Å². The van der Waals surface area contributed by atoms with Crippen molar-refractivity contribution < 1.29 is 33.0 Å². The zero-order valence-electron chi connectivity index (χ0n) is 14.3. The first-order chi connectivity index (χ1) is 11.7. The van der Waals surface area contributed by atoms with Crippen LogP contribution in [0.3, 0.4) is 0 Å². The largest absolute Gasteiger partial charge is 0.490 e. The highest BCUT2D eigenvalue weighted by molar-refractivity contribution is 5.75. The highest BCUT2D eigenvalue weighted by Gasteiger charge is 2.17. The third-order valence-electron chi connectivity index (χ3n) is 3.28. The van der Waals surface area contributed by atoms with Crippen LogP contribution in [0.1, 0.15) is 19.4 Å². The first kappa shape index (κ1) is 20.5. The van der Waals surface area contributed by atoms with Crippen LogP contribution in [-0.2, 0) is 11.3 Å². The third kappa shape index (κ3) is 6.82. The molecular formula is C16H22F2N2O5. The van der Waals surface area contributed by atoms with Crippen molar-refractivity contribution in [2.45, 2.75) is 27.0 Å². The van der Waals surface area contributed by atoms with Gasteiger partial charge in [-0.1, -0.05) is 13.0 Å². The van der Waals surface area contributed by atoms with Crippen molar-refractivity contribution in [3.8, 4) is 11.5 Å². The fourth-order valence-electron chi connectivity index (χ4n) is 2.01. The molecule has 140 valence electrons. The molecule has 9 heteroatoms. The summed E-state index contributed by atoms with van der Waals surface area (Å²) in [6.07, 6.45) is 0. The zero-order chi connectivity index (χ0) is 19.0. The average Bonchev–Trinajstić information content (AvgIpc) is 2.54. The molecule has 1 atom stereocenters. The molecule has 7 nitrogen and oxygen atoms in total. The van der Waals surface area contributed by atoms with Gasteiger partial charge in [0.25, 0.3) is 0 Å². The van der Waals surface area contributed by atoms with E-state index in [-0.39, 0.29) is 31.2 Å². The number of aliphatic carboxylic acids is 1. The number of carboxylic acid groups (broad SMARTS) is 1. The van der Waals surface area contributed by atoms with Gasteiger partial charge in [-0.25, -0.2) is 4.79 Å². The molecule has 0 radical (unpaired) electrons. The maximum Gasteiger partial charge on any atom is 0.387 e. The molecule has 1 unspecified atom stereocenters. The van der Waals surface area contributed by atoms with Crippen LogP contribution in [0.5, 0.6) is 11.5 Å². The van der Waals surface area contributed by atoms with E-state index < -0.39 is 24.5 Å². The SMILES string of the molecule is CCOc1cc(CNC(=O)N(C)CC(C)C(=O)O)ccc1OC(F)F. The number of carboxylic acids is 1. The number of hydrogen-bond acceptors (Lipinski definition) is 4. The van der Waals surface area contributed by atoms with Crippen LogP contribution in [0.4, 0.5) is 13.6 Å². The number of carbonyl (C=O) groups is 2. The van der Waals surface area contributed by atoms with Crippen molar-refractivity contribution >= 4 is 12.0 Å². The highest BCUT2D eigenvalue weighted by atomic mass is 19.3. The summed E-state index contributed by atoms with van der Waals surface area (Å²) in [6.45, 7) is 0.702. The number of ether oxygens (including phenoxy) is 2. The predicted molar refractivity (Wildman–Crippen MR) is 85.9 cm³/mol. The lowest BCUT2D eigenvalue weighted by molar-refractivity contribution is -0.141. The maximum atomic E-state index is 12.4. The molecule has 1 aromatic rings. The summed E-state index contributed by atoms with van der Waals surface area (Å²) in [5.41, 5.74) is 0.623. The Labute approximate surface area is 144 Å². The molecule has 2 amide bonds. The van der Waals surface area contributed by atoms with Crippen molar-refractivity contribution in [2.75, 3.05) is 20.2 Å². The zero-order valence-corrected chi connectivity index (χ0v) is 14.3. The number of nitrogens with one attached hydrogen (secondary N) is 1. The van der Waals surface area contributed by atoms with Gasteiger partial charge in [0.1, 0.15) is 0 Å². The Bertz CT molecular complexity index is 598. The number of hydrogen-bond donors (Lipinski definition) is 2. The topological polar surface area (TPSA) is 88.1 Å². The minimum atomic E-state index is -2.96. The van der Waals surface area contributed by atoms with Crippen molar-refractivity contribution in [1.29, 1.82) is 0 Å². The van der Waals surface area contributed by atoms with Gasteiger partial charge in [0.05, 0.1) is 12.5 Å². The first-order valence-corrected chi connectivity index (χ1v) is 7.66. The number of benzene rings is 1. The van der Waals surface area contributed by atoms with Gasteiger partial charge in [-0.05, 0) is 24.6 Å². The molecule has 0 saturated carbocycles. The third-order valence-corrected chi connectivity index (χ3v) is 3.28. The fourth-order valence-corrected chi connectivity index (χ4v) is 2.01. The Morgan fingerprint density at radius 2 is 2.00 bits per heavy atom. The molecule has 0 aliphatic heterocycles. The lowest BCUT2D eigenvalue weighted by Crippen LogP contribution is -2.40. The standard InChI is InChI=1S/C16H22F2N2O5/c1-4-24-13-7-11(5-6-12(13)25-15(17)18)8-19-16(23)20(3)9-10(2)14(21)22/h5-7,10,15H,4,8-9H2,1-3H3,(H,19,23)(H,21,22). The van der Waals surface area contributed by atoms with E-state index in [1.165, 1.54) is 37.1 Å². The summed E-state index contributed by atoms with van der Waals surface area (Å²) in [7, 11) is 1.49. The normalized spacial score (nSPS) is 11.8. The van der Waals surface area contributed by atoms with E-state index in [4.69, 9.17) is 9.84 Å². The van der Waals surface area contributed by atoms with Crippen molar-refractivity contribution in [1.82, 2.24) is 10.2 Å². The second-order valence-corrected chi connectivity index (χ2v) is 5.37. The number of halogens is 2. The van der Waals surface area contributed by atoms with E-state index in [2.05, 4.69) is 10.1 Å². The average molecular weight is 360 g/mol. The summed E-state index contributed by atoms with van der Waals surface area (Å²) in [5.74, 6) is -1.61. The van der Waals surface area contributed by atoms with Crippen LogP contribution in [0.25, 0.3) is 0 Å². The van der Waals surface area contributed by atoms with Crippen molar-refractivity contribution in [2.24, 2.45) is 5.92 Å². The number of rotatable bonds is 9. The molecule has 25 heavy (non-hydrogen) atoms. The Kier molecular flexibility index (Phi) is 7.90. The van der Waals surface area contributed by atoms with Gasteiger partial charge in [-0.3, -0.25) is 4.79 Å². The smallest absolute Gasteiger partial charge is 0.387 e. The molecule has 0 heterocycles. The summed E-state index contributed by atoms with van der Waals surface area (Å²) < 4.78 is 34.4. The van der Waals surface area contributed by atoms with Crippen LogP contribution in [-0.4, -0.2) is 48.8 Å². The van der Waals surface area contributed by atoms with E-state index in [0.717, 1.165) is 0 Å². The number of nitrogens with zero attached hydrogens (tertiary/aromatic N) is 1. The molecule has 1 aromatic carbocycles. The van der Waals surface area contributed by atoms with Gasteiger partial charge >= 0.3 is 18.6 Å². The van der Waals surface area contributed by atoms with E-state index in [0.29, 0.717) is 5.56 Å². The van der Waals surface area contributed by atoms with Crippen molar-refractivity contribution in [3.63, 3.8) is 0 Å². The van der Waals surface area contributed by atoms with Gasteiger partial charge in [-0.2, -0.15) is 8.78 Å². The highest BCUT2D eigenvalue weighted by Crippen LogP contribution is 2.29. The molecule has 0 bridgehead atoms. The molecule has 0 aromatic heterocycles. The van der Waals surface area contributed by atoms with Crippen LogP contribution in [0.2, 0.25) is 0 Å². The number of alkyl halides is 2. The summed E-state index contributed by atoms with van der Waals surface area (Å²) in [6, 6.07) is 3.93. The Morgan fingerprint density at radius 1 is 1.32 bits per heavy atom. The van der Waals surface area contributed by atoms with Crippen molar-refractivity contribution in [3.05, 3.63) is 23.8 Å². The second kappa shape index (κ2) is 9.65. The Hall–Kier alpha value is -2.58. The Morgan fingerprint density at radius 3 is 2.56 bits per heavy atom. The lowest BCUT2D eigenvalue weighted by Gasteiger charge is -2.20. The van der Waals surface area contributed by atoms with E-state index in [9.17, 15) is 18.4 Å². The van der Waals surface area contributed by atoms with Crippen LogP contribution in [0.15, 0.2) is 18.2 Å². The minimum Gasteiger partial charge on any atom is -0.490 e. The minimum absolute atomic E-state index is 0.0620. The fraction of sp³-hybridized carbons (Fsp3) is 0.500. The summed E-state index contributed by atoms with van der Waals surface area (Å²) in [5, 5.41) is 11.5. The maximum absolute atomic E-state index is 12.4. The number of urea groups is 1.